The zero-order valence-electron chi connectivity index (χ0n) is 8.82. The summed E-state index contributed by atoms with van der Waals surface area (Å²) in [6.07, 6.45) is 0. The van der Waals surface area contributed by atoms with Crippen molar-refractivity contribution >= 4 is 5.91 Å². The van der Waals surface area contributed by atoms with Crippen LogP contribution in [0, 0.1) is 6.92 Å². The van der Waals surface area contributed by atoms with Crippen LogP contribution in [0.3, 0.4) is 0 Å². The van der Waals surface area contributed by atoms with E-state index in [1.54, 1.807) is 0 Å². The fourth-order valence-corrected chi connectivity index (χ4v) is 1.47. The van der Waals surface area contributed by atoms with Crippen molar-refractivity contribution < 1.29 is 4.79 Å². The van der Waals surface area contributed by atoms with E-state index in [0.717, 1.165) is 5.56 Å². The van der Waals surface area contributed by atoms with Gasteiger partial charge in [0.2, 0.25) is 5.91 Å². The Morgan fingerprint density at radius 3 is 2.14 bits per heavy atom. The van der Waals surface area contributed by atoms with E-state index in [1.165, 1.54) is 5.56 Å². The maximum absolute atomic E-state index is 11.2. The number of hydrogen-bond donors (Lipinski definition) is 1. The van der Waals surface area contributed by atoms with Crippen LogP contribution in [0.5, 0.6) is 0 Å². The molecule has 0 spiro atoms. The SMILES string of the molecule is Cc1ccc(C(C(N)=O)N(C)C)cc1. The molecule has 0 saturated heterocycles. The molecule has 3 nitrogen and oxygen atoms in total. The first-order valence-electron chi connectivity index (χ1n) is 4.54. The molecule has 0 aliphatic rings. The van der Waals surface area contributed by atoms with E-state index < -0.39 is 0 Å². The van der Waals surface area contributed by atoms with E-state index in [2.05, 4.69) is 0 Å². The highest BCUT2D eigenvalue weighted by molar-refractivity contribution is 5.81. The van der Waals surface area contributed by atoms with Gasteiger partial charge in [0.25, 0.3) is 0 Å². The first-order valence-corrected chi connectivity index (χ1v) is 4.54. The molecule has 0 bridgehead atoms. The van der Waals surface area contributed by atoms with Crippen LogP contribution in [0.25, 0.3) is 0 Å². The highest BCUT2D eigenvalue weighted by Gasteiger charge is 2.19. The molecule has 14 heavy (non-hydrogen) atoms. The Hall–Kier alpha value is -1.35. The molecule has 1 aromatic carbocycles. The smallest absolute Gasteiger partial charge is 0.239 e. The van der Waals surface area contributed by atoms with E-state index in [0.29, 0.717) is 0 Å². The second kappa shape index (κ2) is 4.24. The summed E-state index contributed by atoms with van der Waals surface area (Å²) in [5.74, 6) is -0.321. The second-order valence-corrected chi connectivity index (χ2v) is 3.68. The van der Waals surface area contributed by atoms with Gasteiger partial charge in [-0.25, -0.2) is 0 Å². The number of nitrogens with two attached hydrogens (primary N) is 1. The fourth-order valence-electron chi connectivity index (χ4n) is 1.47. The molecule has 0 heterocycles. The Bertz CT molecular complexity index is 317. The van der Waals surface area contributed by atoms with Crippen molar-refractivity contribution in [3.05, 3.63) is 35.4 Å². The topological polar surface area (TPSA) is 46.3 Å². The Balaban J connectivity index is 3.00. The summed E-state index contributed by atoms with van der Waals surface area (Å²) < 4.78 is 0. The zero-order chi connectivity index (χ0) is 10.7. The molecule has 1 aromatic rings. The van der Waals surface area contributed by atoms with Crippen molar-refractivity contribution in [3.8, 4) is 0 Å². The number of amides is 1. The maximum atomic E-state index is 11.2. The van der Waals surface area contributed by atoms with Gasteiger partial charge in [0, 0.05) is 0 Å². The molecule has 0 aliphatic heterocycles. The number of carbonyl (C=O) groups excluding carboxylic acids is 1. The summed E-state index contributed by atoms with van der Waals surface area (Å²) in [4.78, 5) is 13.0. The number of hydrogen-bond acceptors (Lipinski definition) is 2. The molecule has 3 heteroatoms. The standard InChI is InChI=1S/C11H16N2O/c1-8-4-6-9(7-5-8)10(11(12)14)13(2)3/h4-7,10H,1-3H3,(H2,12,14). The maximum Gasteiger partial charge on any atom is 0.239 e. The lowest BCUT2D eigenvalue weighted by Gasteiger charge is -2.21. The minimum Gasteiger partial charge on any atom is -0.368 e. The quantitative estimate of drug-likeness (QED) is 0.779. The van der Waals surface area contributed by atoms with Crippen LogP contribution in [-0.4, -0.2) is 24.9 Å². The Morgan fingerprint density at radius 2 is 1.79 bits per heavy atom. The van der Waals surface area contributed by atoms with Crippen LogP contribution >= 0.6 is 0 Å². The minimum atomic E-state index is -0.337. The normalized spacial score (nSPS) is 12.9. The molecule has 76 valence electrons. The van der Waals surface area contributed by atoms with Crippen molar-refractivity contribution in [2.75, 3.05) is 14.1 Å². The van der Waals surface area contributed by atoms with Crippen LogP contribution in [0.1, 0.15) is 17.2 Å². The average molecular weight is 192 g/mol. The summed E-state index contributed by atoms with van der Waals surface area (Å²) in [5, 5.41) is 0. The average Bonchev–Trinajstić information content (AvgIpc) is 2.07. The minimum absolute atomic E-state index is 0.321. The summed E-state index contributed by atoms with van der Waals surface area (Å²) in [7, 11) is 3.69. The van der Waals surface area contributed by atoms with E-state index in [9.17, 15) is 4.79 Å². The first kappa shape index (κ1) is 10.7. The van der Waals surface area contributed by atoms with Crippen molar-refractivity contribution in [2.45, 2.75) is 13.0 Å². The summed E-state index contributed by atoms with van der Waals surface area (Å²) >= 11 is 0. The van der Waals surface area contributed by atoms with Crippen LogP contribution in [0.2, 0.25) is 0 Å². The molecule has 2 N–H and O–H groups in total. The van der Waals surface area contributed by atoms with Crippen molar-refractivity contribution in [3.63, 3.8) is 0 Å². The molecule has 1 amide bonds. The number of nitrogens with zero attached hydrogens (tertiary/aromatic N) is 1. The monoisotopic (exact) mass is 192 g/mol. The summed E-state index contributed by atoms with van der Waals surface area (Å²) in [5.41, 5.74) is 7.44. The van der Waals surface area contributed by atoms with Crippen molar-refractivity contribution in [1.82, 2.24) is 4.90 Å². The third-order valence-electron chi connectivity index (χ3n) is 2.18. The summed E-state index contributed by atoms with van der Waals surface area (Å²) in [6.45, 7) is 2.01. The zero-order valence-corrected chi connectivity index (χ0v) is 8.82. The van der Waals surface area contributed by atoms with Gasteiger partial charge in [-0.1, -0.05) is 29.8 Å². The molecule has 1 rings (SSSR count). The number of primary amides is 1. The molecule has 1 unspecified atom stereocenters. The third-order valence-corrected chi connectivity index (χ3v) is 2.18. The van der Waals surface area contributed by atoms with E-state index in [1.807, 2.05) is 50.2 Å². The third kappa shape index (κ3) is 2.33. The van der Waals surface area contributed by atoms with Crippen LogP contribution in [0.15, 0.2) is 24.3 Å². The highest BCUT2D eigenvalue weighted by atomic mass is 16.1. The van der Waals surface area contributed by atoms with Crippen LogP contribution in [0.4, 0.5) is 0 Å². The predicted octanol–water partition coefficient (Wildman–Crippen LogP) is 1.08. The molecule has 0 aliphatic carbocycles. The lowest BCUT2D eigenvalue weighted by molar-refractivity contribution is -0.122. The van der Waals surface area contributed by atoms with Gasteiger partial charge in [-0.3, -0.25) is 9.69 Å². The van der Waals surface area contributed by atoms with Crippen LogP contribution < -0.4 is 5.73 Å². The van der Waals surface area contributed by atoms with E-state index in [4.69, 9.17) is 5.73 Å². The number of aryl methyl sites for hydroxylation is 1. The number of rotatable bonds is 3. The number of benzene rings is 1. The van der Waals surface area contributed by atoms with Gasteiger partial charge in [0.15, 0.2) is 0 Å². The molecule has 0 fully saturated rings. The Kier molecular flexibility index (Phi) is 3.25. The van der Waals surface area contributed by atoms with Gasteiger partial charge in [-0.05, 0) is 26.6 Å². The van der Waals surface area contributed by atoms with Crippen molar-refractivity contribution in [2.24, 2.45) is 5.73 Å². The second-order valence-electron chi connectivity index (χ2n) is 3.68. The number of carbonyl (C=O) groups is 1. The van der Waals surface area contributed by atoms with E-state index >= 15 is 0 Å². The van der Waals surface area contributed by atoms with Gasteiger partial charge in [-0.2, -0.15) is 0 Å². The Labute approximate surface area is 84.5 Å². The molecule has 0 aromatic heterocycles. The molecule has 0 saturated carbocycles. The van der Waals surface area contributed by atoms with Gasteiger partial charge < -0.3 is 5.73 Å². The first-order chi connectivity index (χ1) is 6.52. The van der Waals surface area contributed by atoms with Gasteiger partial charge in [0.05, 0.1) is 0 Å². The lowest BCUT2D eigenvalue weighted by Crippen LogP contribution is -2.32. The largest absolute Gasteiger partial charge is 0.368 e. The van der Waals surface area contributed by atoms with Crippen molar-refractivity contribution in [1.29, 1.82) is 0 Å². The molecular formula is C11H16N2O. The predicted molar refractivity (Wildman–Crippen MR) is 56.8 cm³/mol. The van der Waals surface area contributed by atoms with E-state index in [-0.39, 0.29) is 11.9 Å². The molecule has 1 atom stereocenters. The summed E-state index contributed by atoms with van der Waals surface area (Å²) in [6, 6.07) is 7.49. The highest BCUT2D eigenvalue weighted by Crippen LogP contribution is 2.17. The van der Waals surface area contributed by atoms with Gasteiger partial charge in [0.1, 0.15) is 6.04 Å². The lowest BCUT2D eigenvalue weighted by atomic mass is 10.0. The molecular weight excluding hydrogens is 176 g/mol. The number of likely N-dealkylation sites (N-methyl/N-ethyl adjacent to an activating group) is 1. The Morgan fingerprint density at radius 1 is 1.29 bits per heavy atom. The van der Waals surface area contributed by atoms with Crippen LogP contribution in [-0.2, 0) is 4.79 Å². The van der Waals surface area contributed by atoms with Gasteiger partial charge in [-0.15, -0.1) is 0 Å². The van der Waals surface area contributed by atoms with Gasteiger partial charge >= 0.3 is 0 Å². The molecule has 0 radical (unpaired) electrons. The fraction of sp³-hybridized carbons (Fsp3) is 0.364.